The largest absolute Gasteiger partial charge is 0.279 e. The first kappa shape index (κ1) is 19.1. The second-order valence-electron chi connectivity index (χ2n) is 6.42. The molecule has 2 heterocycles. The Bertz CT molecular complexity index is 1240. The lowest BCUT2D eigenvalue weighted by atomic mass is 10.1. The molecule has 1 N–H and O–H groups in total. The van der Waals surface area contributed by atoms with Crippen LogP contribution in [0, 0.1) is 6.92 Å². The minimum absolute atomic E-state index is 0.0188. The molecule has 7 nitrogen and oxygen atoms in total. The third kappa shape index (κ3) is 3.26. The van der Waals surface area contributed by atoms with Crippen LogP contribution >= 0.6 is 11.6 Å². The molecule has 0 saturated carbocycles. The molecule has 1 aliphatic rings. The number of nitrogens with one attached hydrogen (secondary N) is 1. The summed E-state index contributed by atoms with van der Waals surface area (Å²) in [6.07, 6.45) is 2.88. The Kier molecular flexibility index (Phi) is 4.60. The molecule has 0 spiro atoms. The first-order valence-corrected chi connectivity index (χ1v) is 10.4. The van der Waals surface area contributed by atoms with Crippen LogP contribution in [0.15, 0.2) is 65.8 Å². The third-order valence-electron chi connectivity index (χ3n) is 4.47. The molecule has 0 aliphatic carbocycles. The number of rotatable bonds is 4. The Morgan fingerprint density at radius 3 is 2.31 bits per heavy atom. The summed E-state index contributed by atoms with van der Waals surface area (Å²) in [5.74, 6) is -1.32. The predicted octanol–water partition coefficient (Wildman–Crippen LogP) is 3.64. The smallest absolute Gasteiger partial charge is 0.268 e. The van der Waals surface area contributed by atoms with Gasteiger partial charge >= 0.3 is 0 Å². The second kappa shape index (κ2) is 6.98. The molecule has 0 bridgehead atoms. The summed E-state index contributed by atoms with van der Waals surface area (Å²) in [6, 6.07) is 12.1. The second-order valence-corrected chi connectivity index (χ2v) is 8.51. The van der Waals surface area contributed by atoms with Crippen molar-refractivity contribution in [2.75, 3.05) is 9.62 Å². The molecule has 2 amide bonds. The summed E-state index contributed by atoms with van der Waals surface area (Å²) >= 11 is 6.17. The SMILES string of the molecule is Cc1ccc(S(=O)(=O)Nc2ccc(Cl)c3c2C(=O)N(c2cccnc2)C3=O)cc1. The number of benzene rings is 2. The molecule has 1 aromatic heterocycles. The van der Waals surface area contributed by atoms with Gasteiger partial charge in [-0.1, -0.05) is 29.3 Å². The van der Waals surface area contributed by atoms with Crippen LogP contribution in [-0.4, -0.2) is 25.2 Å². The van der Waals surface area contributed by atoms with E-state index >= 15 is 0 Å². The highest BCUT2D eigenvalue weighted by Crippen LogP contribution is 2.37. The predicted molar refractivity (Wildman–Crippen MR) is 109 cm³/mol. The van der Waals surface area contributed by atoms with Crippen LogP contribution in [0.2, 0.25) is 5.02 Å². The van der Waals surface area contributed by atoms with E-state index < -0.39 is 21.8 Å². The van der Waals surface area contributed by atoms with Crippen molar-refractivity contribution in [2.24, 2.45) is 0 Å². The number of anilines is 2. The van der Waals surface area contributed by atoms with E-state index in [2.05, 4.69) is 9.71 Å². The van der Waals surface area contributed by atoms with Gasteiger partial charge in [-0.2, -0.15) is 0 Å². The number of hydrogen-bond acceptors (Lipinski definition) is 5. The molecule has 0 saturated heterocycles. The van der Waals surface area contributed by atoms with Crippen LogP contribution in [0.25, 0.3) is 0 Å². The van der Waals surface area contributed by atoms with Gasteiger partial charge in [-0.25, -0.2) is 13.3 Å². The van der Waals surface area contributed by atoms with Gasteiger partial charge in [0.2, 0.25) is 0 Å². The maximum atomic E-state index is 13.0. The highest BCUT2D eigenvalue weighted by atomic mass is 35.5. The number of nitrogens with zero attached hydrogens (tertiary/aromatic N) is 2. The van der Waals surface area contributed by atoms with E-state index in [1.54, 1.807) is 24.3 Å². The topological polar surface area (TPSA) is 96.4 Å². The van der Waals surface area contributed by atoms with Crippen molar-refractivity contribution in [3.8, 4) is 0 Å². The third-order valence-corrected chi connectivity index (χ3v) is 6.16. The van der Waals surface area contributed by atoms with E-state index in [1.807, 2.05) is 6.92 Å². The highest BCUT2D eigenvalue weighted by Gasteiger charge is 2.41. The molecule has 4 rings (SSSR count). The Morgan fingerprint density at radius 1 is 0.966 bits per heavy atom. The van der Waals surface area contributed by atoms with Gasteiger partial charge < -0.3 is 0 Å². The normalized spacial score (nSPS) is 13.5. The molecule has 0 atom stereocenters. The number of carbonyl (C=O) groups excluding carboxylic acids is 2. The minimum atomic E-state index is -3.98. The molecular weight excluding hydrogens is 414 g/mol. The zero-order valence-electron chi connectivity index (χ0n) is 15.1. The van der Waals surface area contributed by atoms with Gasteiger partial charge in [-0.05, 0) is 43.3 Å². The Hall–Kier alpha value is -3.23. The van der Waals surface area contributed by atoms with Crippen LogP contribution in [0.5, 0.6) is 0 Å². The van der Waals surface area contributed by atoms with Gasteiger partial charge in [0.25, 0.3) is 21.8 Å². The maximum absolute atomic E-state index is 13.0. The van der Waals surface area contributed by atoms with Gasteiger partial charge in [0.05, 0.1) is 38.6 Å². The molecule has 2 aromatic carbocycles. The number of sulfonamides is 1. The Balaban J connectivity index is 1.79. The van der Waals surface area contributed by atoms with Crippen molar-refractivity contribution < 1.29 is 18.0 Å². The zero-order valence-corrected chi connectivity index (χ0v) is 16.7. The van der Waals surface area contributed by atoms with Crippen LogP contribution in [0.3, 0.4) is 0 Å². The fourth-order valence-electron chi connectivity index (χ4n) is 3.05. The van der Waals surface area contributed by atoms with E-state index in [0.717, 1.165) is 10.5 Å². The Labute approximate surface area is 172 Å². The van der Waals surface area contributed by atoms with Crippen molar-refractivity contribution in [3.63, 3.8) is 0 Å². The van der Waals surface area contributed by atoms with Crippen molar-refractivity contribution in [1.29, 1.82) is 0 Å². The van der Waals surface area contributed by atoms with Crippen molar-refractivity contribution in [3.05, 3.63) is 82.6 Å². The lowest BCUT2D eigenvalue weighted by Gasteiger charge is -2.13. The molecule has 146 valence electrons. The number of aryl methyl sites for hydroxylation is 1. The maximum Gasteiger partial charge on any atom is 0.268 e. The monoisotopic (exact) mass is 427 g/mol. The molecule has 0 fully saturated rings. The number of hydrogen-bond donors (Lipinski definition) is 1. The first-order chi connectivity index (χ1) is 13.8. The van der Waals surface area contributed by atoms with Crippen molar-refractivity contribution in [2.45, 2.75) is 11.8 Å². The average Bonchev–Trinajstić information content (AvgIpc) is 2.96. The van der Waals surface area contributed by atoms with Gasteiger partial charge in [-0.3, -0.25) is 19.3 Å². The van der Waals surface area contributed by atoms with Gasteiger partial charge in [0.15, 0.2) is 0 Å². The van der Waals surface area contributed by atoms with E-state index in [1.165, 1.54) is 36.7 Å². The molecule has 0 radical (unpaired) electrons. The lowest BCUT2D eigenvalue weighted by molar-refractivity contribution is 0.0926. The van der Waals surface area contributed by atoms with E-state index in [-0.39, 0.29) is 32.4 Å². The van der Waals surface area contributed by atoms with Crippen molar-refractivity contribution >= 4 is 44.8 Å². The average molecular weight is 428 g/mol. The van der Waals surface area contributed by atoms with Gasteiger partial charge in [0, 0.05) is 6.20 Å². The summed E-state index contributed by atoms with van der Waals surface area (Å²) in [7, 11) is -3.98. The number of amides is 2. The number of carbonyl (C=O) groups is 2. The number of imide groups is 1. The fourth-order valence-corrected chi connectivity index (χ4v) is 4.36. The number of pyridine rings is 1. The number of halogens is 1. The molecule has 29 heavy (non-hydrogen) atoms. The highest BCUT2D eigenvalue weighted by molar-refractivity contribution is 7.92. The van der Waals surface area contributed by atoms with Crippen LogP contribution in [-0.2, 0) is 10.0 Å². The molecular formula is C20H14ClN3O4S. The van der Waals surface area contributed by atoms with Gasteiger partial charge in [0.1, 0.15) is 0 Å². The fraction of sp³-hybridized carbons (Fsp3) is 0.0500. The van der Waals surface area contributed by atoms with Crippen LogP contribution in [0.4, 0.5) is 11.4 Å². The summed E-state index contributed by atoms with van der Waals surface area (Å²) in [5, 5.41) is 0.0584. The molecule has 1 aliphatic heterocycles. The van der Waals surface area contributed by atoms with Crippen LogP contribution < -0.4 is 9.62 Å². The van der Waals surface area contributed by atoms with Gasteiger partial charge in [-0.15, -0.1) is 0 Å². The lowest BCUT2D eigenvalue weighted by Crippen LogP contribution is -2.29. The summed E-state index contributed by atoms with van der Waals surface area (Å²) in [5.41, 5.74) is 1.01. The van der Waals surface area contributed by atoms with E-state index in [4.69, 9.17) is 11.6 Å². The van der Waals surface area contributed by atoms with E-state index in [0.29, 0.717) is 0 Å². The first-order valence-electron chi connectivity index (χ1n) is 8.50. The Morgan fingerprint density at radius 2 is 1.66 bits per heavy atom. The van der Waals surface area contributed by atoms with Crippen LogP contribution in [0.1, 0.15) is 26.3 Å². The van der Waals surface area contributed by atoms with Crippen molar-refractivity contribution in [1.82, 2.24) is 4.98 Å². The summed E-state index contributed by atoms with van der Waals surface area (Å²) < 4.78 is 27.9. The zero-order chi connectivity index (χ0) is 20.8. The molecule has 3 aromatic rings. The summed E-state index contributed by atoms with van der Waals surface area (Å²) in [4.78, 5) is 30.8. The molecule has 0 unspecified atom stereocenters. The standard InChI is InChI=1S/C20H14ClN3O4S/c1-12-4-6-14(7-5-12)29(27,28)23-16-9-8-15(21)17-18(16)20(26)24(19(17)25)13-3-2-10-22-11-13/h2-11,23H,1H3. The molecule has 9 heteroatoms. The number of aromatic nitrogens is 1. The van der Waals surface area contributed by atoms with E-state index in [9.17, 15) is 18.0 Å². The summed E-state index contributed by atoms with van der Waals surface area (Å²) in [6.45, 7) is 1.84. The quantitative estimate of drug-likeness (QED) is 0.641. The number of fused-ring (bicyclic) bond motifs is 1. The minimum Gasteiger partial charge on any atom is -0.279 e.